The zero-order valence-corrected chi connectivity index (χ0v) is 14.2. The SMILES string of the molecule is C[C@H]1C[C@H]1C(=O)N1CCC(c2cc(=O)[nH]c(-c3cnccn3)n2)CC1. The van der Waals surface area contributed by atoms with Gasteiger partial charge in [0.2, 0.25) is 5.91 Å². The molecule has 1 saturated heterocycles. The standard InChI is InChI=1S/C18H21N5O2/c1-11-8-13(11)18(25)23-6-2-12(3-7-23)14-9-16(24)22-17(21-14)15-10-19-4-5-20-15/h4-5,9-13H,2-3,6-8H2,1H3,(H,21,22,24)/t11-,13+/m0/s1. The van der Waals surface area contributed by atoms with Gasteiger partial charge >= 0.3 is 0 Å². The quantitative estimate of drug-likeness (QED) is 0.917. The first-order valence-corrected chi connectivity index (χ1v) is 8.78. The summed E-state index contributed by atoms with van der Waals surface area (Å²) >= 11 is 0. The van der Waals surface area contributed by atoms with Crippen LogP contribution in [0.25, 0.3) is 11.5 Å². The predicted molar refractivity (Wildman–Crippen MR) is 91.7 cm³/mol. The second-order valence-electron chi connectivity index (χ2n) is 7.03. The molecule has 0 radical (unpaired) electrons. The maximum Gasteiger partial charge on any atom is 0.251 e. The summed E-state index contributed by atoms with van der Waals surface area (Å²) in [6.45, 7) is 3.60. The highest BCUT2D eigenvalue weighted by molar-refractivity contribution is 5.81. The summed E-state index contributed by atoms with van der Waals surface area (Å²) in [6.07, 6.45) is 7.44. The topological polar surface area (TPSA) is 91.8 Å². The van der Waals surface area contributed by atoms with Crippen molar-refractivity contribution in [2.24, 2.45) is 11.8 Å². The Bertz CT molecular complexity index is 827. The van der Waals surface area contributed by atoms with Gasteiger partial charge in [-0.2, -0.15) is 0 Å². The number of carbonyl (C=O) groups excluding carboxylic acids is 1. The predicted octanol–water partition coefficient (Wildman–Crippen LogP) is 1.59. The molecule has 0 unspecified atom stereocenters. The van der Waals surface area contributed by atoms with Crippen molar-refractivity contribution in [3.05, 3.63) is 40.7 Å². The first-order valence-electron chi connectivity index (χ1n) is 8.78. The van der Waals surface area contributed by atoms with E-state index in [0.717, 1.165) is 38.0 Å². The number of hydrogen-bond donors (Lipinski definition) is 1. The molecule has 1 saturated carbocycles. The molecule has 130 valence electrons. The molecule has 4 rings (SSSR count). The van der Waals surface area contributed by atoms with Crippen LogP contribution in [-0.2, 0) is 4.79 Å². The van der Waals surface area contributed by atoms with Crippen LogP contribution < -0.4 is 5.56 Å². The van der Waals surface area contributed by atoms with Gasteiger partial charge in [-0.15, -0.1) is 0 Å². The fraction of sp³-hybridized carbons (Fsp3) is 0.500. The molecule has 1 aliphatic carbocycles. The Balaban J connectivity index is 1.49. The van der Waals surface area contributed by atoms with E-state index in [1.165, 1.54) is 0 Å². The third-order valence-electron chi connectivity index (χ3n) is 5.22. The number of carbonyl (C=O) groups is 1. The van der Waals surface area contributed by atoms with E-state index >= 15 is 0 Å². The first-order chi connectivity index (χ1) is 12.1. The van der Waals surface area contributed by atoms with Crippen LogP contribution in [0, 0.1) is 11.8 Å². The number of likely N-dealkylation sites (tertiary alicyclic amines) is 1. The molecule has 7 heteroatoms. The van der Waals surface area contributed by atoms with Crippen LogP contribution in [0.15, 0.2) is 29.5 Å². The Labute approximate surface area is 145 Å². The second kappa shape index (κ2) is 6.38. The Kier molecular flexibility index (Phi) is 4.07. The van der Waals surface area contributed by atoms with Crippen LogP contribution in [0.5, 0.6) is 0 Å². The molecule has 2 atom stereocenters. The monoisotopic (exact) mass is 339 g/mol. The lowest BCUT2D eigenvalue weighted by Crippen LogP contribution is -2.39. The lowest BCUT2D eigenvalue weighted by molar-refractivity contribution is -0.133. The molecular weight excluding hydrogens is 318 g/mol. The minimum Gasteiger partial charge on any atom is -0.342 e. The molecule has 3 heterocycles. The van der Waals surface area contributed by atoms with Crippen molar-refractivity contribution in [1.82, 2.24) is 24.8 Å². The number of rotatable bonds is 3. The summed E-state index contributed by atoms with van der Waals surface area (Å²) in [4.78, 5) is 41.9. The molecule has 25 heavy (non-hydrogen) atoms. The highest BCUT2D eigenvalue weighted by atomic mass is 16.2. The van der Waals surface area contributed by atoms with E-state index < -0.39 is 0 Å². The van der Waals surface area contributed by atoms with Crippen LogP contribution >= 0.6 is 0 Å². The van der Waals surface area contributed by atoms with Crippen molar-refractivity contribution >= 4 is 5.91 Å². The van der Waals surface area contributed by atoms with Crippen molar-refractivity contribution in [3.8, 4) is 11.5 Å². The smallest absolute Gasteiger partial charge is 0.251 e. The Hall–Kier alpha value is -2.57. The summed E-state index contributed by atoms with van der Waals surface area (Å²) in [7, 11) is 0. The van der Waals surface area contributed by atoms with Crippen LogP contribution in [0.3, 0.4) is 0 Å². The zero-order valence-electron chi connectivity index (χ0n) is 14.2. The molecule has 1 N–H and O–H groups in total. The molecule has 2 aromatic rings. The fourth-order valence-electron chi connectivity index (χ4n) is 3.52. The number of amides is 1. The summed E-state index contributed by atoms with van der Waals surface area (Å²) in [6, 6.07) is 1.56. The van der Waals surface area contributed by atoms with E-state index in [-0.39, 0.29) is 17.4 Å². The van der Waals surface area contributed by atoms with E-state index in [1.54, 1.807) is 24.7 Å². The molecule has 7 nitrogen and oxygen atoms in total. The Morgan fingerprint density at radius 1 is 1.28 bits per heavy atom. The van der Waals surface area contributed by atoms with E-state index in [0.29, 0.717) is 23.3 Å². The molecule has 2 aromatic heterocycles. The minimum atomic E-state index is -0.184. The first kappa shape index (κ1) is 15.9. The summed E-state index contributed by atoms with van der Waals surface area (Å²) in [5.41, 5.74) is 1.14. The highest BCUT2D eigenvalue weighted by Gasteiger charge is 2.42. The largest absolute Gasteiger partial charge is 0.342 e. The normalized spacial score (nSPS) is 23.5. The van der Waals surface area contributed by atoms with E-state index in [9.17, 15) is 9.59 Å². The lowest BCUT2D eigenvalue weighted by atomic mass is 9.93. The van der Waals surface area contributed by atoms with Gasteiger partial charge in [-0.25, -0.2) is 9.97 Å². The maximum atomic E-state index is 12.3. The highest BCUT2D eigenvalue weighted by Crippen LogP contribution is 2.40. The lowest BCUT2D eigenvalue weighted by Gasteiger charge is -2.32. The molecular formula is C18H21N5O2. The van der Waals surface area contributed by atoms with Crippen LogP contribution in [0.2, 0.25) is 0 Å². The molecule has 0 aromatic carbocycles. The van der Waals surface area contributed by atoms with Gasteiger partial charge in [-0.3, -0.25) is 14.6 Å². The number of nitrogens with zero attached hydrogens (tertiary/aromatic N) is 4. The average molecular weight is 339 g/mol. The number of aromatic amines is 1. The molecule has 0 bridgehead atoms. The summed E-state index contributed by atoms with van der Waals surface area (Å²) in [5, 5.41) is 0. The number of nitrogens with one attached hydrogen (secondary N) is 1. The maximum absolute atomic E-state index is 12.3. The van der Waals surface area contributed by atoms with Crippen molar-refractivity contribution in [3.63, 3.8) is 0 Å². The minimum absolute atomic E-state index is 0.184. The van der Waals surface area contributed by atoms with Gasteiger partial charge in [0, 0.05) is 43.4 Å². The molecule has 1 aliphatic heterocycles. The third kappa shape index (κ3) is 3.31. The van der Waals surface area contributed by atoms with E-state index in [4.69, 9.17) is 0 Å². The van der Waals surface area contributed by atoms with Gasteiger partial charge in [0.25, 0.3) is 5.56 Å². The van der Waals surface area contributed by atoms with Gasteiger partial charge in [-0.05, 0) is 25.2 Å². The van der Waals surface area contributed by atoms with Crippen molar-refractivity contribution in [2.45, 2.75) is 32.1 Å². The summed E-state index contributed by atoms with van der Waals surface area (Å²) in [5.74, 6) is 1.70. The van der Waals surface area contributed by atoms with Crippen LogP contribution in [0.4, 0.5) is 0 Å². The van der Waals surface area contributed by atoms with Crippen LogP contribution in [-0.4, -0.2) is 43.8 Å². The fourth-order valence-corrected chi connectivity index (χ4v) is 3.52. The molecule has 2 aliphatic rings. The van der Waals surface area contributed by atoms with E-state index in [1.807, 2.05) is 4.90 Å². The van der Waals surface area contributed by atoms with Crippen molar-refractivity contribution < 1.29 is 4.79 Å². The third-order valence-corrected chi connectivity index (χ3v) is 5.22. The number of hydrogen-bond acceptors (Lipinski definition) is 5. The van der Waals surface area contributed by atoms with Gasteiger partial charge < -0.3 is 9.88 Å². The molecule has 1 amide bonds. The number of H-pyrrole nitrogens is 1. The average Bonchev–Trinajstić information content (AvgIpc) is 3.38. The zero-order chi connectivity index (χ0) is 17.4. The summed E-state index contributed by atoms with van der Waals surface area (Å²) < 4.78 is 0. The van der Waals surface area contributed by atoms with Gasteiger partial charge in [0.1, 0.15) is 5.69 Å². The van der Waals surface area contributed by atoms with Crippen molar-refractivity contribution in [2.75, 3.05) is 13.1 Å². The number of piperidine rings is 1. The van der Waals surface area contributed by atoms with Crippen LogP contribution in [0.1, 0.15) is 37.8 Å². The van der Waals surface area contributed by atoms with Gasteiger partial charge in [-0.1, -0.05) is 6.92 Å². The van der Waals surface area contributed by atoms with E-state index in [2.05, 4.69) is 26.9 Å². The van der Waals surface area contributed by atoms with Gasteiger partial charge in [0.05, 0.1) is 11.9 Å². The second-order valence-corrected chi connectivity index (χ2v) is 7.03. The van der Waals surface area contributed by atoms with Gasteiger partial charge in [0.15, 0.2) is 5.82 Å². The Morgan fingerprint density at radius 3 is 2.68 bits per heavy atom. The molecule has 2 fully saturated rings. The Morgan fingerprint density at radius 2 is 2.04 bits per heavy atom. The molecule has 0 spiro atoms. The van der Waals surface area contributed by atoms with Crippen molar-refractivity contribution in [1.29, 1.82) is 0 Å². The number of aromatic nitrogens is 4.